The van der Waals surface area contributed by atoms with Crippen LogP contribution in [0.3, 0.4) is 0 Å². The van der Waals surface area contributed by atoms with Gasteiger partial charge in [-0.05, 0) is 58.4 Å². The molecule has 0 radical (unpaired) electrons. The lowest BCUT2D eigenvalue weighted by Gasteiger charge is -2.54. The van der Waals surface area contributed by atoms with Crippen LogP contribution < -0.4 is 0 Å². The third-order valence-electron chi connectivity index (χ3n) is 7.11. The average molecular weight is 330 g/mol. The first-order valence-corrected chi connectivity index (χ1v) is 9.33. The number of hydrogen-bond donors (Lipinski definition) is 1. The highest BCUT2D eigenvalue weighted by molar-refractivity contribution is 5.51. The zero-order chi connectivity index (χ0) is 17.3. The van der Waals surface area contributed by atoms with E-state index in [-0.39, 0.29) is 23.0 Å². The van der Waals surface area contributed by atoms with Gasteiger partial charge in [0.2, 0.25) is 0 Å². The van der Waals surface area contributed by atoms with Crippen molar-refractivity contribution in [1.82, 2.24) is 0 Å². The lowest BCUT2D eigenvalue weighted by atomic mass is 9.49. The standard InChI is InChI=1S/C21H30O3/c1-12(2)13-9-14-15(10-16(13)22)21(4)8-6-7-20(3)11-24-18(19(20)21)17(14)23-5/h9-10,12,17-19,22H,6-8,11H2,1-5H3. The fourth-order valence-corrected chi connectivity index (χ4v) is 6.06. The summed E-state index contributed by atoms with van der Waals surface area (Å²) in [6.07, 6.45) is 3.71. The summed E-state index contributed by atoms with van der Waals surface area (Å²) in [6.45, 7) is 9.85. The van der Waals surface area contributed by atoms with Crippen molar-refractivity contribution in [1.29, 1.82) is 0 Å². The fraction of sp³-hybridized carbons (Fsp3) is 0.714. The Morgan fingerprint density at radius 3 is 2.67 bits per heavy atom. The zero-order valence-corrected chi connectivity index (χ0v) is 15.6. The number of ether oxygens (including phenoxy) is 2. The molecule has 0 amide bonds. The Bertz CT molecular complexity index is 667. The first kappa shape index (κ1) is 16.4. The lowest BCUT2D eigenvalue weighted by Crippen LogP contribution is -2.53. The van der Waals surface area contributed by atoms with E-state index in [0.29, 0.717) is 17.6 Å². The van der Waals surface area contributed by atoms with Crippen molar-refractivity contribution in [3.05, 3.63) is 28.8 Å². The van der Waals surface area contributed by atoms with Crippen LogP contribution in [-0.4, -0.2) is 24.9 Å². The normalized spacial score (nSPS) is 40.5. The topological polar surface area (TPSA) is 38.7 Å². The number of rotatable bonds is 2. The van der Waals surface area contributed by atoms with Gasteiger partial charge in [-0.1, -0.05) is 34.1 Å². The maximum atomic E-state index is 10.6. The van der Waals surface area contributed by atoms with Gasteiger partial charge in [-0.3, -0.25) is 0 Å². The SMILES string of the molecule is COC1c2cc(C(C)C)c(O)cc2C2(C)CCCC3(C)COC1C32. The van der Waals surface area contributed by atoms with Crippen molar-refractivity contribution in [2.75, 3.05) is 13.7 Å². The lowest BCUT2D eigenvalue weighted by molar-refractivity contribution is -0.0739. The van der Waals surface area contributed by atoms with E-state index in [2.05, 4.69) is 33.8 Å². The molecule has 1 heterocycles. The molecule has 132 valence electrons. The van der Waals surface area contributed by atoms with Gasteiger partial charge in [0.15, 0.2) is 0 Å². The molecule has 5 atom stereocenters. The molecule has 3 heteroatoms. The van der Waals surface area contributed by atoms with Crippen molar-refractivity contribution >= 4 is 0 Å². The summed E-state index contributed by atoms with van der Waals surface area (Å²) in [7, 11) is 1.79. The molecule has 1 saturated heterocycles. The summed E-state index contributed by atoms with van der Waals surface area (Å²) in [5.41, 5.74) is 3.81. The average Bonchev–Trinajstić information content (AvgIpc) is 2.87. The van der Waals surface area contributed by atoms with Crippen LogP contribution >= 0.6 is 0 Å². The van der Waals surface area contributed by atoms with Crippen molar-refractivity contribution in [3.8, 4) is 5.75 Å². The highest BCUT2D eigenvalue weighted by Crippen LogP contribution is 2.64. The molecule has 1 saturated carbocycles. The third kappa shape index (κ3) is 1.97. The van der Waals surface area contributed by atoms with Crippen LogP contribution in [0.5, 0.6) is 5.75 Å². The zero-order valence-electron chi connectivity index (χ0n) is 15.6. The van der Waals surface area contributed by atoms with Gasteiger partial charge in [-0.25, -0.2) is 0 Å². The highest BCUT2D eigenvalue weighted by Gasteiger charge is 2.62. The molecule has 0 bridgehead atoms. The van der Waals surface area contributed by atoms with E-state index in [1.165, 1.54) is 24.0 Å². The van der Waals surface area contributed by atoms with Gasteiger partial charge in [-0.2, -0.15) is 0 Å². The molecule has 5 unspecified atom stereocenters. The van der Waals surface area contributed by atoms with Crippen molar-refractivity contribution in [2.24, 2.45) is 11.3 Å². The van der Waals surface area contributed by atoms with Crippen LogP contribution in [0, 0.1) is 11.3 Å². The Morgan fingerprint density at radius 2 is 2.00 bits per heavy atom. The Labute approximate surface area is 145 Å². The second-order valence-electron chi connectivity index (χ2n) is 8.99. The summed E-state index contributed by atoms with van der Waals surface area (Å²) >= 11 is 0. The van der Waals surface area contributed by atoms with Crippen molar-refractivity contribution in [3.63, 3.8) is 0 Å². The summed E-state index contributed by atoms with van der Waals surface area (Å²) in [6, 6.07) is 4.22. The van der Waals surface area contributed by atoms with Crippen LogP contribution in [-0.2, 0) is 14.9 Å². The molecule has 0 aromatic heterocycles. The van der Waals surface area contributed by atoms with E-state index in [1.807, 2.05) is 6.07 Å². The molecule has 2 aliphatic carbocycles. The molecule has 3 nitrogen and oxygen atoms in total. The number of hydrogen-bond acceptors (Lipinski definition) is 3. The Kier molecular flexibility index (Phi) is 3.57. The molecule has 1 aromatic rings. The van der Waals surface area contributed by atoms with Gasteiger partial charge in [-0.15, -0.1) is 0 Å². The molecule has 2 fully saturated rings. The molecule has 3 aliphatic rings. The minimum absolute atomic E-state index is 0.0314. The Balaban J connectivity index is 1.95. The maximum Gasteiger partial charge on any atom is 0.119 e. The molecule has 1 aromatic carbocycles. The molecular weight excluding hydrogens is 300 g/mol. The van der Waals surface area contributed by atoms with Crippen LogP contribution in [0.15, 0.2) is 12.1 Å². The summed E-state index contributed by atoms with van der Waals surface area (Å²) in [4.78, 5) is 0. The number of fused-ring (bicyclic) bond motifs is 2. The molecule has 1 N–H and O–H groups in total. The van der Waals surface area contributed by atoms with Gasteiger partial charge >= 0.3 is 0 Å². The van der Waals surface area contributed by atoms with E-state index >= 15 is 0 Å². The van der Waals surface area contributed by atoms with Gasteiger partial charge < -0.3 is 14.6 Å². The number of phenolic OH excluding ortho intramolecular Hbond substituents is 1. The van der Waals surface area contributed by atoms with Crippen LogP contribution in [0.25, 0.3) is 0 Å². The largest absolute Gasteiger partial charge is 0.508 e. The van der Waals surface area contributed by atoms with Crippen LogP contribution in [0.1, 0.15) is 75.7 Å². The van der Waals surface area contributed by atoms with E-state index in [9.17, 15) is 5.11 Å². The first-order chi connectivity index (χ1) is 11.3. The van der Waals surface area contributed by atoms with Crippen LogP contribution in [0.2, 0.25) is 0 Å². The number of benzene rings is 1. The maximum absolute atomic E-state index is 10.6. The van der Waals surface area contributed by atoms with Gasteiger partial charge in [0.1, 0.15) is 11.9 Å². The summed E-state index contributed by atoms with van der Waals surface area (Å²) < 4.78 is 12.3. The minimum atomic E-state index is -0.0314. The number of phenols is 1. The number of aromatic hydroxyl groups is 1. The molecule has 1 aliphatic heterocycles. The predicted octanol–water partition coefficient (Wildman–Crippen LogP) is 4.68. The Morgan fingerprint density at radius 1 is 1.25 bits per heavy atom. The van der Waals surface area contributed by atoms with E-state index in [1.54, 1.807) is 7.11 Å². The number of methoxy groups -OCH3 is 1. The van der Waals surface area contributed by atoms with Crippen molar-refractivity contribution in [2.45, 2.75) is 70.5 Å². The molecule has 24 heavy (non-hydrogen) atoms. The fourth-order valence-electron chi connectivity index (χ4n) is 6.06. The van der Waals surface area contributed by atoms with E-state index in [0.717, 1.165) is 18.6 Å². The Hall–Kier alpha value is -1.06. The van der Waals surface area contributed by atoms with Gasteiger partial charge in [0.05, 0.1) is 12.7 Å². The van der Waals surface area contributed by atoms with E-state index < -0.39 is 0 Å². The van der Waals surface area contributed by atoms with Gasteiger partial charge in [0, 0.05) is 13.0 Å². The summed E-state index contributed by atoms with van der Waals surface area (Å²) in [5, 5.41) is 10.6. The highest BCUT2D eigenvalue weighted by atomic mass is 16.5. The molecular formula is C21H30O3. The third-order valence-corrected chi connectivity index (χ3v) is 7.11. The second-order valence-corrected chi connectivity index (χ2v) is 8.99. The van der Waals surface area contributed by atoms with Crippen LogP contribution in [0.4, 0.5) is 0 Å². The molecule has 0 spiro atoms. The monoisotopic (exact) mass is 330 g/mol. The smallest absolute Gasteiger partial charge is 0.119 e. The second kappa shape index (κ2) is 5.22. The minimum Gasteiger partial charge on any atom is -0.508 e. The van der Waals surface area contributed by atoms with Crippen molar-refractivity contribution < 1.29 is 14.6 Å². The predicted molar refractivity (Wildman–Crippen MR) is 94.5 cm³/mol. The first-order valence-electron chi connectivity index (χ1n) is 9.33. The summed E-state index contributed by atoms with van der Waals surface area (Å²) in [5.74, 6) is 1.18. The quantitative estimate of drug-likeness (QED) is 0.855. The van der Waals surface area contributed by atoms with Gasteiger partial charge in [0.25, 0.3) is 0 Å². The molecule has 4 rings (SSSR count). The van der Waals surface area contributed by atoms with E-state index in [4.69, 9.17) is 9.47 Å².